The van der Waals surface area contributed by atoms with Gasteiger partial charge in [0.15, 0.2) is 19.7 Å². The lowest BCUT2D eigenvalue weighted by Crippen LogP contribution is -2.22. The van der Waals surface area contributed by atoms with Crippen LogP contribution in [0.25, 0.3) is 0 Å². The fraction of sp³-hybridized carbons (Fsp3) is 0.235. The molecule has 0 unspecified atom stereocenters. The summed E-state index contributed by atoms with van der Waals surface area (Å²) in [6.07, 6.45) is 0.0875. The van der Waals surface area contributed by atoms with Crippen LogP contribution in [0.2, 0.25) is 10.0 Å². The van der Waals surface area contributed by atoms with E-state index in [1.54, 1.807) is 12.1 Å². The van der Waals surface area contributed by atoms with Crippen LogP contribution in [0.4, 0.5) is 5.69 Å². The van der Waals surface area contributed by atoms with Crippen LogP contribution in [-0.2, 0) is 19.7 Å². The molecule has 1 fully saturated rings. The van der Waals surface area contributed by atoms with Gasteiger partial charge in [0.1, 0.15) is 0 Å². The molecule has 0 saturated carbocycles. The Hall–Kier alpha value is -1.61. The van der Waals surface area contributed by atoms with Gasteiger partial charge in [-0.15, -0.1) is 0 Å². The number of hydrogen-bond donors (Lipinski definition) is 1. The number of carbonyl (C=O) groups excluding carboxylic acids is 1. The SMILES string of the molecule is O=C(Nc1ccc(Cl)c(Cl)c1)c1ccc(S(=O)(=O)[C@@H]2CCS(=O)(=O)C2)cc1. The molecule has 1 aliphatic heterocycles. The van der Waals surface area contributed by atoms with Crippen LogP contribution in [0, 0.1) is 0 Å². The molecule has 0 aliphatic carbocycles. The van der Waals surface area contributed by atoms with E-state index < -0.39 is 30.8 Å². The Balaban J connectivity index is 1.76. The van der Waals surface area contributed by atoms with Crippen LogP contribution < -0.4 is 5.32 Å². The minimum Gasteiger partial charge on any atom is -0.322 e. The summed E-state index contributed by atoms with van der Waals surface area (Å²) in [5.74, 6) is -0.934. The van der Waals surface area contributed by atoms with Gasteiger partial charge in [-0.2, -0.15) is 0 Å². The summed E-state index contributed by atoms with van der Waals surface area (Å²) in [5, 5.41) is 2.35. The average molecular weight is 448 g/mol. The van der Waals surface area contributed by atoms with Gasteiger partial charge in [-0.25, -0.2) is 16.8 Å². The van der Waals surface area contributed by atoms with E-state index in [0.29, 0.717) is 15.7 Å². The van der Waals surface area contributed by atoms with E-state index in [0.717, 1.165) is 0 Å². The molecule has 1 saturated heterocycles. The highest BCUT2D eigenvalue weighted by atomic mass is 35.5. The number of nitrogens with one attached hydrogen (secondary N) is 1. The van der Waals surface area contributed by atoms with Crippen molar-refractivity contribution in [1.82, 2.24) is 0 Å². The van der Waals surface area contributed by atoms with Crippen LogP contribution in [0.3, 0.4) is 0 Å². The Morgan fingerprint density at radius 3 is 2.26 bits per heavy atom. The highest BCUT2D eigenvalue weighted by Crippen LogP contribution is 2.27. The van der Waals surface area contributed by atoms with Crippen LogP contribution in [0.1, 0.15) is 16.8 Å². The minimum absolute atomic E-state index is 0.00399. The van der Waals surface area contributed by atoms with Crippen LogP contribution >= 0.6 is 23.2 Å². The molecule has 2 aromatic carbocycles. The number of rotatable bonds is 4. The maximum absolute atomic E-state index is 12.6. The maximum atomic E-state index is 12.6. The third-order valence-electron chi connectivity index (χ3n) is 4.25. The number of amides is 1. The van der Waals surface area contributed by atoms with E-state index in [1.165, 1.54) is 30.3 Å². The van der Waals surface area contributed by atoms with Crippen molar-refractivity contribution in [3.8, 4) is 0 Å². The Kier molecular flexibility index (Phi) is 5.54. The fourth-order valence-electron chi connectivity index (χ4n) is 2.77. The molecule has 1 heterocycles. The van der Waals surface area contributed by atoms with Crippen molar-refractivity contribution < 1.29 is 21.6 Å². The third-order valence-corrected chi connectivity index (χ3v) is 9.18. The van der Waals surface area contributed by atoms with Crippen LogP contribution in [0.5, 0.6) is 0 Å². The molecule has 1 atom stereocenters. The van der Waals surface area contributed by atoms with Crippen LogP contribution in [0.15, 0.2) is 47.4 Å². The number of benzene rings is 2. The van der Waals surface area contributed by atoms with Crippen molar-refractivity contribution in [2.24, 2.45) is 0 Å². The topological polar surface area (TPSA) is 97.4 Å². The smallest absolute Gasteiger partial charge is 0.255 e. The second kappa shape index (κ2) is 7.43. The van der Waals surface area contributed by atoms with Crippen molar-refractivity contribution in [3.63, 3.8) is 0 Å². The van der Waals surface area contributed by atoms with E-state index in [1.807, 2.05) is 0 Å². The predicted molar refractivity (Wildman–Crippen MR) is 105 cm³/mol. The van der Waals surface area contributed by atoms with Gasteiger partial charge in [-0.3, -0.25) is 4.79 Å². The lowest BCUT2D eigenvalue weighted by molar-refractivity contribution is 0.102. The third kappa shape index (κ3) is 4.45. The van der Waals surface area contributed by atoms with E-state index in [-0.39, 0.29) is 28.4 Å². The standard InChI is InChI=1S/C17H15Cl2NO5S2/c18-15-6-3-12(9-16(15)19)20-17(21)11-1-4-13(5-2-11)27(24,25)14-7-8-26(22,23)10-14/h1-6,9,14H,7-8,10H2,(H,20,21)/t14-/m1/s1. The van der Waals surface area contributed by atoms with E-state index in [4.69, 9.17) is 23.2 Å². The fourth-order valence-corrected chi connectivity index (χ4v) is 7.43. The molecule has 27 heavy (non-hydrogen) atoms. The summed E-state index contributed by atoms with van der Waals surface area (Å²) in [7, 11) is -7.08. The number of hydrogen-bond acceptors (Lipinski definition) is 5. The average Bonchev–Trinajstić information content (AvgIpc) is 2.99. The summed E-state index contributed by atoms with van der Waals surface area (Å²) in [5.41, 5.74) is 0.696. The Morgan fingerprint density at radius 2 is 1.70 bits per heavy atom. The lowest BCUT2D eigenvalue weighted by Gasteiger charge is -2.11. The minimum atomic E-state index is -3.76. The normalized spacial score (nSPS) is 19.0. The molecule has 6 nitrogen and oxygen atoms in total. The monoisotopic (exact) mass is 447 g/mol. The van der Waals surface area contributed by atoms with Gasteiger partial charge in [-0.1, -0.05) is 23.2 Å². The molecule has 2 aromatic rings. The molecule has 0 aromatic heterocycles. The van der Waals surface area contributed by atoms with E-state index in [9.17, 15) is 21.6 Å². The van der Waals surface area contributed by atoms with Crippen LogP contribution in [-0.4, -0.2) is 39.5 Å². The zero-order valence-electron chi connectivity index (χ0n) is 13.9. The molecular weight excluding hydrogens is 433 g/mol. The van der Waals surface area contributed by atoms with E-state index >= 15 is 0 Å². The number of anilines is 1. The van der Waals surface area contributed by atoms with Gasteiger partial charge in [0.25, 0.3) is 5.91 Å². The summed E-state index contributed by atoms with van der Waals surface area (Å²) < 4.78 is 48.2. The highest BCUT2D eigenvalue weighted by molar-refractivity contribution is 7.96. The van der Waals surface area contributed by atoms with Gasteiger partial charge >= 0.3 is 0 Å². The molecule has 144 valence electrons. The summed E-state index contributed by atoms with van der Waals surface area (Å²) >= 11 is 11.7. The Bertz CT molecular complexity index is 1100. The summed E-state index contributed by atoms with van der Waals surface area (Å²) in [6.45, 7) is 0. The largest absolute Gasteiger partial charge is 0.322 e. The zero-order valence-corrected chi connectivity index (χ0v) is 17.0. The molecule has 3 rings (SSSR count). The number of sulfone groups is 2. The highest BCUT2D eigenvalue weighted by Gasteiger charge is 2.37. The van der Waals surface area contributed by atoms with Gasteiger partial charge < -0.3 is 5.32 Å². The quantitative estimate of drug-likeness (QED) is 0.775. The first kappa shape index (κ1) is 20.1. The Morgan fingerprint density at radius 1 is 1.04 bits per heavy atom. The lowest BCUT2D eigenvalue weighted by atomic mass is 10.2. The molecule has 0 radical (unpaired) electrons. The first-order valence-corrected chi connectivity index (χ1v) is 12.0. The molecule has 1 N–H and O–H groups in total. The molecule has 0 spiro atoms. The van der Waals surface area contributed by atoms with Gasteiger partial charge in [0.05, 0.1) is 31.7 Å². The molecule has 1 aliphatic rings. The number of carbonyl (C=O) groups is 1. The van der Waals surface area contributed by atoms with Crippen molar-refractivity contribution in [2.45, 2.75) is 16.6 Å². The zero-order chi connectivity index (χ0) is 19.8. The molecule has 10 heteroatoms. The van der Waals surface area contributed by atoms with Gasteiger partial charge in [0, 0.05) is 11.3 Å². The van der Waals surface area contributed by atoms with Gasteiger partial charge in [0.2, 0.25) is 0 Å². The number of halogens is 2. The van der Waals surface area contributed by atoms with Crippen molar-refractivity contribution in [1.29, 1.82) is 0 Å². The first-order chi connectivity index (χ1) is 12.6. The molecule has 1 amide bonds. The van der Waals surface area contributed by atoms with Crippen molar-refractivity contribution in [3.05, 3.63) is 58.1 Å². The molecule has 0 bridgehead atoms. The van der Waals surface area contributed by atoms with Crippen molar-refractivity contribution >= 4 is 54.5 Å². The first-order valence-electron chi connectivity index (χ1n) is 7.89. The Labute approximate surface area is 167 Å². The van der Waals surface area contributed by atoms with Crippen molar-refractivity contribution in [2.75, 3.05) is 16.8 Å². The summed E-state index contributed by atoms with van der Waals surface area (Å²) in [6, 6.07) is 10.0. The second-order valence-corrected chi connectivity index (χ2v) is 11.4. The summed E-state index contributed by atoms with van der Waals surface area (Å²) in [4.78, 5) is 12.3. The predicted octanol–water partition coefficient (Wildman–Crippen LogP) is 3.21. The maximum Gasteiger partial charge on any atom is 0.255 e. The molecular formula is C17H15Cl2NO5S2. The van der Waals surface area contributed by atoms with Gasteiger partial charge in [-0.05, 0) is 48.9 Å². The van der Waals surface area contributed by atoms with E-state index in [2.05, 4.69) is 5.32 Å². The second-order valence-electron chi connectivity index (χ2n) is 6.18.